The highest BCUT2D eigenvalue weighted by Gasteiger charge is 2.50. The van der Waals surface area contributed by atoms with E-state index in [4.69, 9.17) is 10.3 Å². The summed E-state index contributed by atoms with van der Waals surface area (Å²) in [6.45, 7) is 4.44. The average molecular weight is 229 g/mol. The third-order valence-electron chi connectivity index (χ3n) is 3.50. The molecule has 4 heteroatoms. The molecule has 0 amide bonds. The maximum absolute atomic E-state index is 5.88. The Balaban J connectivity index is 2.08. The van der Waals surface area contributed by atoms with Crippen molar-refractivity contribution in [1.82, 2.24) is 10.1 Å². The molecular formula is C13H15N3O. The zero-order valence-electron chi connectivity index (χ0n) is 9.97. The molecule has 2 aromatic heterocycles. The monoisotopic (exact) mass is 229 g/mol. The van der Waals surface area contributed by atoms with Gasteiger partial charge >= 0.3 is 0 Å². The Labute approximate surface area is 99.8 Å². The van der Waals surface area contributed by atoms with E-state index in [-0.39, 0.29) is 5.41 Å². The number of hydrogen-bond acceptors (Lipinski definition) is 4. The lowest BCUT2D eigenvalue weighted by Gasteiger charge is -2.03. The second kappa shape index (κ2) is 3.32. The van der Waals surface area contributed by atoms with Gasteiger partial charge in [-0.15, -0.1) is 0 Å². The van der Waals surface area contributed by atoms with Crippen LogP contribution in [0.1, 0.15) is 31.9 Å². The van der Waals surface area contributed by atoms with Crippen molar-refractivity contribution < 1.29 is 4.52 Å². The largest absolute Gasteiger partial charge is 0.380 e. The summed E-state index contributed by atoms with van der Waals surface area (Å²) in [4.78, 5) is 4.32. The van der Waals surface area contributed by atoms with Crippen LogP contribution in [-0.2, 0) is 0 Å². The predicted octanol–water partition coefficient (Wildman–Crippen LogP) is 2.83. The minimum absolute atomic E-state index is 0.287. The van der Waals surface area contributed by atoms with Gasteiger partial charge in [-0.2, -0.15) is 0 Å². The van der Waals surface area contributed by atoms with Gasteiger partial charge in [0, 0.05) is 12.1 Å². The Morgan fingerprint density at radius 2 is 2.18 bits per heavy atom. The summed E-state index contributed by atoms with van der Waals surface area (Å²) in [5, 5.41) is 3.88. The zero-order valence-corrected chi connectivity index (χ0v) is 9.97. The van der Waals surface area contributed by atoms with Crippen LogP contribution in [0, 0.1) is 5.41 Å². The van der Waals surface area contributed by atoms with Crippen molar-refractivity contribution in [3.05, 3.63) is 30.2 Å². The van der Waals surface area contributed by atoms with Gasteiger partial charge in [0.15, 0.2) is 11.6 Å². The normalized spacial score (nSPS) is 21.4. The molecule has 0 aliphatic heterocycles. The minimum atomic E-state index is 0.287. The van der Waals surface area contributed by atoms with Crippen LogP contribution in [0.3, 0.4) is 0 Å². The van der Waals surface area contributed by atoms with Gasteiger partial charge < -0.3 is 10.3 Å². The van der Waals surface area contributed by atoms with Gasteiger partial charge in [-0.25, -0.2) is 0 Å². The van der Waals surface area contributed by atoms with Crippen molar-refractivity contribution in [3.8, 4) is 11.3 Å². The highest BCUT2D eigenvalue weighted by atomic mass is 16.5. The van der Waals surface area contributed by atoms with Crippen molar-refractivity contribution in [3.63, 3.8) is 0 Å². The molecule has 3 rings (SSSR count). The SMILES string of the molecule is CC1(C)CC1c1onc(N)c1-c1ccccn1. The molecule has 0 radical (unpaired) electrons. The molecule has 0 saturated heterocycles. The molecular weight excluding hydrogens is 214 g/mol. The molecule has 1 saturated carbocycles. The molecule has 1 aliphatic rings. The molecule has 2 aromatic rings. The molecule has 17 heavy (non-hydrogen) atoms. The first-order valence-corrected chi connectivity index (χ1v) is 5.76. The summed E-state index contributed by atoms with van der Waals surface area (Å²) in [5.74, 6) is 1.72. The number of pyridine rings is 1. The Kier molecular flexibility index (Phi) is 2.02. The first-order valence-electron chi connectivity index (χ1n) is 5.76. The maximum Gasteiger partial charge on any atom is 0.176 e. The van der Waals surface area contributed by atoms with Gasteiger partial charge in [0.2, 0.25) is 0 Å². The van der Waals surface area contributed by atoms with Crippen molar-refractivity contribution in [2.24, 2.45) is 5.41 Å². The summed E-state index contributed by atoms with van der Waals surface area (Å²) in [6.07, 6.45) is 2.87. The molecule has 4 nitrogen and oxygen atoms in total. The lowest BCUT2D eigenvalue weighted by molar-refractivity contribution is 0.376. The average Bonchev–Trinajstić information content (AvgIpc) is 2.78. The lowest BCUT2D eigenvalue weighted by Crippen LogP contribution is -1.94. The molecule has 0 bridgehead atoms. The summed E-state index contributed by atoms with van der Waals surface area (Å²) in [5.41, 5.74) is 7.87. The van der Waals surface area contributed by atoms with Gasteiger partial charge in [-0.1, -0.05) is 25.1 Å². The Morgan fingerprint density at radius 1 is 1.41 bits per heavy atom. The number of aromatic nitrogens is 2. The van der Waals surface area contributed by atoms with E-state index in [0.717, 1.165) is 23.4 Å². The van der Waals surface area contributed by atoms with Crippen LogP contribution in [0.4, 0.5) is 5.82 Å². The fraction of sp³-hybridized carbons (Fsp3) is 0.385. The van der Waals surface area contributed by atoms with Gasteiger partial charge in [-0.3, -0.25) is 4.98 Å². The van der Waals surface area contributed by atoms with Crippen LogP contribution in [-0.4, -0.2) is 10.1 Å². The number of rotatable bonds is 2. The van der Waals surface area contributed by atoms with E-state index in [1.54, 1.807) is 6.20 Å². The van der Waals surface area contributed by atoms with Gasteiger partial charge in [0.05, 0.1) is 11.3 Å². The predicted molar refractivity (Wildman–Crippen MR) is 65.3 cm³/mol. The molecule has 1 aliphatic carbocycles. The summed E-state index contributed by atoms with van der Waals surface area (Å²) in [7, 11) is 0. The molecule has 2 heterocycles. The first-order chi connectivity index (χ1) is 8.09. The lowest BCUT2D eigenvalue weighted by atomic mass is 10.0. The minimum Gasteiger partial charge on any atom is -0.380 e. The Hall–Kier alpha value is -1.84. The highest BCUT2D eigenvalue weighted by molar-refractivity contribution is 5.73. The number of nitrogen functional groups attached to an aromatic ring is 1. The van der Waals surface area contributed by atoms with E-state index < -0.39 is 0 Å². The second-order valence-corrected chi connectivity index (χ2v) is 5.27. The van der Waals surface area contributed by atoms with Crippen LogP contribution < -0.4 is 5.73 Å². The fourth-order valence-electron chi connectivity index (χ4n) is 2.24. The number of nitrogens with two attached hydrogens (primary N) is 1. The van der Waals surface area contributed by atoms with Crippen LogP contribution in [0.5, 0.6) is 0 Å². The molecule has 0 spiro atoms. The molecule has 1 unspecified atom stereocenters. The molecule has 0 aromatic carbocycles. The maximum atomic E-state index is 5.88. The summed E-state index contributed by atoms with van der Waals surface area (Å²) < 4.78 is 5.39. The first kappa shape index (κ1) is 10.3. The molecule has 1 atom stereocenters. The van der Waals surface area contributed by atoms with E-state index in [1.807, 2.05) is 18.2 Å². The van der Waals surface area contributed by atoms with Crippen molar-refractivity contribution in [2.75, 3.05) is 5.73 Å². The summed E-state index contributed by atoms with van der Waals surface area (Å²) in [6, 6.07) is 5.76. The van der Waals surface area contributed by atoms with Crippen molar-refractivity contribution in [1.29, 1.82) is 0 Å². The van der Waals surface area contributed by atoms with E-state index in [1.165, 1.54) is 0 Å². The fourth-order valence-corrected chi connectivity index (χ4v) is 2.24. The van der Waals surface area contributed by atoms with Gasteiger partial charge in [0.25, 0.3) is 0 Å². The summed E-state index contributed by atoms with van der Waals surface area (Å²) >= 11 is 0. The van der Waals surface area contributed by atoms with E-state index in [9.17, 15) is 0 Å². The number of anilines is 1. The molecule has 1 fully saturated rings. The van der Waals surface area contributed by atoms with E-state index in [0.29, 0.717) is 11.7 Å². The van der Waals surface area contributed by atoms with Gasteiger partial charge in [0.1, 0.15) is 0 Å². The van der Waals surface area contributed by atoms with Crippen LogP contribution in [0.25, 0.3) is 11.3 Å². The number of nitrogens with zero attached hydrogens (tertiary/aromatic N) is 2. The zero-order chi connectivity index (χ0) is 12.0. The quantitative estimate of drug-likeness (QED) is 0.860. The molecule has 88 valence electrons. The van der Waals surface area contributed by atoms with Gasteiger partial charge in [-0.05, 0) is 24.0 Å². The highest BCUT2D eigenvalue weighted by Crippen LogP contribution is 2.60. The van der Waals surface area contributed by atoms with Crippen LogP contribution in [0.15, 0.2) is 28.9 Å². The Bertz CT molecular complexity index is 545. The third kappa shape index (κ3) is 1.60. The third-order valence-corrected chi connectivity index (χ3v) is 3.50. The van der Waals surface area contributed by atoms with Crippen LogP contribution >= 0.6 is 0 Å². The standard InChI is InChI=1S/C13H15N3O/c1-13(2)7-8(13)11-10(12(14)16-17-11)9-5-3-4-6-15-9/h3-6,8H,7H2,1-2H3,(H2,14,16). The smallest absolute Gasteiger partial charge is 0.176 e. The van der Waals surface area contributed by atoms with Crippen LogP contribution in [0.2, 0.25) is 0 Å². The second-order valence-electron chi connectivity index (χ2n) is 5.27. The molecule has 2 N–H and O–H groups in total. The topological polar surface area (TPSA) is 64.9 Å². The number of hydrogen-bond donors (Lipinski definition) is 1. The van der Waals surface area contributed by atoms with E-state index in [2.05, 4.69) is 24.0 Å². The van der Waals surface area contributed by atoms with Crippen molar-refractivity contribution >= 4 is 5.82 Å². The van der Waals surface area contributed by atoms with E-state index >= 15 is 0 Å². The Morgan fingerprint density at radius 3 is 2.76 bits per heavy atom. The van der Waals surface area contributed by atoms with Crippen molar-refractivity contribution in [2.45, 2.75) is 26.2 Å².